The summed E-state index contributed by atoms with van der Waals surface area (Å²) in [5.74, 6) is -0.349. The lowest BCUT2D eigenvalue weighted by Crippen LogP contribution is -2.21. The fourth-order valence-corrected chi connectivity index (χ4v) is 3.90. The lowest BCUT2D eigenvalue weighted by atomic mass is 10.1. The third-order valence-electron chi connectivity index (χ3n) is 4.26. The van der Waals surface area contributed by atoms with Crippen molar-refractivity contribution in [3.05, 3.63) is 46.2 Å². The molecule has 2 aromatic heterocycles. The predicted molar refractivity (Wildman–Crippen MR) is 85.2 cm³/mol. The number of benzene rings is 1. The molecule has 120 valence electrons. The number of thiazole rings is 1. The van der Waals surface area contributed by atoms with Gasteiger partial charge in [0.15, 0.2) is 11.6 Å². The van der Waals surface area contributed by atoms with Crippen LogP contribution in [0.2, 0.25) is 0 Å². The van der Waals surface area contributed by atoms with Crippen LogP contribution in [0.4, 0.5) is 8.78 Å². The molecule has 1 saturated heterocycles. The lowest BCUT2D eigenvalue weighted by Gasteiger charge is -2.13. The van der Waals surface area contributed by atoms with Crippen molar-refractivity contribution in [2.75, 3.05) is 13.1 Å². The third kappa shape index (κ3) is 3.11. The number of nitrogens with zero attached hydrogens (tertiary/aromatic N) is 3. The van der Waals surface area contributed by atoms with E-state index in [1.54, 1.807) is 11.3 Å². The van der Waals surface area contributed by atoms with Crippen molar-refractivity contribution in [2.45, 2.75) is 19.4 Å². The molecule has 4 nitrogen and oxygen atoms in total. The minimum Gasteiger partial charge on any atom is -0.341 e. The van der Waals surface area contributed by atoms with Gasteiger partial charge in [0.05, 0.1) is 22.6 Å². The summed E-state index contributed by atoms with van der Waals surface area (Å²) in [7, 11) is 0. The van der Waals surface area contributed by atoms with Crippen LogP contribution in [0.15, 0.2) is 23.7 Å². The number of H-pyrrole nitrogens is 1. The van der Waals surface area contributed by atoms with Crippen LogP contribution in [-0.4, -0.2) is 32.9 Å². The maximum Gasteiger partial charge on any atom is 0.161 e. The summed E-state index contributed by atoms with van der Waals surface area (Å²) in [4.78, 5) is 14.1. The highest BCUT2D eigenvalue weighted by atomic mass is 32.1. The van der Waals surface area contributed by atoms with Crippen molar-refractivity contribution in [1.82, 2.24) is 19.9 Å². The molecule has 3 aromatic rings. The molecule has 0 amide bonds. The minimum absolute atomic E-state index is 0.470. The number of likely N-dealkylation sites (tertiary alicyclic amines) is 1. The van der Waals surface area contributed by atoms with E-state index in [1.807, 2.05) is 11.6 Å². The second-order valence-electron chi connectivity index (χ2n) is 5.99. The van der Waals surface area contributed by atoms with E-state index in [9.17, 15) is 8.78 Å². The molecule has 1 atom stereocenters. The summed E-state index contributed by atoms with van der Waals surface area (Å²) >= 11 is 1.70. The number of aromatic amines is 1. The van der Waals surface area contributed by atoms with Crippen molar-refractivity contribution in [1.29, 1.82) is 0 Å². The fraction of sp³-hybridized carbons (Fsp3) is 0.375. The van der Waals surface area contributed by atoms with E-state index in [-0.39, 0.29) is 0 Å². The van der Waals surface area contributed by atoms with Crippen LogP contribution in [0.3, 0.4) is 0 Å². The molecule has 0 bridgehead atoms. The van der Waals surface area contributed by atoms with Crippen LogP contribution in [0.5, 0.6) is 0 Å². The Labute approximate surface area is 136 Å². The Morgan fingerprint density at radius 2 is 2.17 bits per heavy atom. The van der Waals surface area contributed by atoms with E-state index < -0.39 is 11.6 Å². The van der Waals surface area contributed by atoms with Gasteiger partial charge in [0.2, 0.25) is 0 Å². The van der Waals surface area contributed by atoms with Gasteiger partial charge in [-0.15, -0.1) is 11.3 Å². The summed E-state index contributed by atoms with van der Waals surface area (Å²) in [6.07, 6.45) is 4.01. The summed E-state index contributed by atoms with van der Waals surface area (Å²) < 4.78 is 26.5. The first-order valence-electron chi connectivity index (χ1n) is 7.62. The third-order valence-corrected chi connectivity index (χ3v) is 5.07. The van der Waals surface area contributed by atoms with Crippen LogP contribution in [0, 0.1) is 17.6 Å². The van der Waals surface area contributed by atoms with Gasteiger partial charge in [-0.25, -0.2) is 18.7 Å². The first kappa shape index (κ1) is 14.7. The first-order valence-corrected chi connectivity index (χ1v) is 8.50. The Balaban J connectivity index is 1.42. The molecule has 1 aliphatic rings. The Kier molecular flexibility index (Phi) is 3.82. The highest BCUT2D eigenvalue weighted by Gasteiger charge is 2.24. The van der Waals surface area contributed by atoms with Crippen molar-refractivity contribution >= 4 is 22.4 Å². The molecule has 0 aliphatic carbocycles. The molecule has 1 fully saturated rings. The van der Waals surface area contributed by atoms with Crippen LogP contribution in [0.25, 0.3) is 11.0 Å². The largest absolute Gasteiger partial charge is 0.341 e. The maximum absolute atomic E-state index is 13.3. The molecule has 0 spiro atoms. The van der Waals surface area contributed by atoms with Gasteiger partial charge in [0.25, 0.3) is 0 Å². The molecule has 3 heterocycles. The quantitative estimate of drug-likeness (QED) is 0.796. The number of imidazole rings is 1. The zero-order valence-corrected chi connectivity index (χ0v) is 13.2. The number of fused-ring (bicyclic) bond motifs is 1. The first-order chi connectivity index (χ1) is 11.2. The Morgan fingerprint density at radius 1 is 1.30 bits per heavy atom. The second kappa shape index (κ2) is 5.98. The van der Waals surface area contributed by atoms with Gasteiger partial charge in [-0.3, -0.25) is 4.90 Å². The molecule has 23 heavy (non-hydrogen) atoms. The van der Waals surface area contributed by atoms with E-state index in [4.69, 9.17) is 0 Å². The highest BCUT2D eigenvalue weighted by Crippen LogP contribution is 2.23. The monoisotopic (exact) mass is 334 g/mol. The van der Waals surface area contributed by atoms with Gasteiger partial charge in [0.1, 0.15) is 5.82 Å². The number of aromatic nitrogens is 3. The molecular weight excluding hydrogens is 318 g/mol. The summed E-state index contributed by atoms with van der Waals surface area (Å²) in [6.45, 7) is 2.68. The number of hydrogen-bond donors (Lipinski definition) is 1. The van der Waals surface area contributed by atoms with Gasteiger partial charge < -0.3 is 4.98 Å². The predicted octanol–water partition coefficient (Wildman–Crippen LogP) is 3.36. The van der Waals surface area contributed by atoms with Gasteiger partial charge in [-0.1, -0.05) is 0 Å². The second-order valence-corrected chi connectivity index (χ2v) is 6.97. The number of rotatable bonds is 4. The molecule has 1 aliphatic heterocycles. The normalized spacial score (nSPS) is 19.0. The fourth-order valence-electron chi connectivity index (χ4n) is 3.17. The van der Waals surface area contributed by atoms with Crippen molar-refractivity contribution in [2.24, 2.45) is 5.92 Å². The van der Waals surface area contributed by atoms with Crippen molar-refractivity contribution in [3.8, 4) is 0 Å². The zero-order chi connectivity index (χ0) is 15.8. The minimum atomic E-state index is -0.861. The van der Waals surface area contributed by atoms with E-state index in [2.05, 4.69) is 19.9 Å². The Bertz CT molecular complexity index is 776. The summed E-state index contributed by atoms with van der Waals surface area (Å²) in [5, 5.41) is 3.20. The molecule has 0 radical (unpaired) electrons. The molecular formula is C16H16F2N4S. The summed E-state index contributed by atoms with van der Waals surface area (Å²) in [5.41, 5.74) is 1.01. The van der Waals surface area contributed by atoms with Crippen molar-refractivity contribution < 1.29 is 8.78 Å². The van der Waals surface area contributed by atoms with Gasteiger partial charge >= 0.3 is 0 Å². The molecule has 1 N–H and O–H groups in total. The number of halogens is 2. The topological polar surface area (TPSA) is 44.8 Å². The highest BCUT2D eigenvalue weighted by molar-refractivity contribution is 7.09. The average molecular weight is 334 g/mol. The molecule has 1 aromatic carbocycles. The zero-order valence-electron chi connectivity index (χ0n) is 12.4. The Morgan fingerprint density at radius 3 is 3.00 bits per heavy atom. The van der Waals surface area contributed by atoms with E-state index in [0.29, 0.717) is 23.5 Å². The molecule has 4 rings (SSSR count). The summed E-state index contributed by atoms with van der Waals surface area (Å²) in [6, 6.07) is 2.30. The maximum atomic E-state index is 13.3. The molecule has 0 saturated carbocycles. The number of nitrogens with one attached hydrogen (secondary N) is 1. The standard InChI is InChI=1S/C16H16F2N4S/c17-11-6-13-14(7-12(11)18)21-15(20-13)9-22-3-1-10(8-22)5-16-19-2-4-23-16/h2,4,6-7,10H,1,3,5,8-9H2,(H,20,21). The SMILES string of the molecule is Fc1cc2nc(CN3CCC(Cc4nccs4)C3)[nH]c2cc1F. The van der Waals surface area contributed by atoms with Crippen LogP contribution in [-0.2, 0) is 13.0 Å². The molecule has 7 heteroatoms. The van der Waals surface area contributed by atoms with Gasteiger partial charge in [-0.05, 0) is 18.9 Å². The van der Waals surface area contributed by atoms with E-state index in [0.717, 1.165) is 43.9 Å². The van der Waals surface area contributed by atoms with Gasteiger partial charge in [-0.2, -0.15) is 0 Å². The van der Waals surface area contributed by atoms with Gasteiger partial charge in [0, 0.05) is 36.7 Å². The van der Waals surface area contributed by atoms with Crippen LogP contribution >= 0.6 is 11.3 Å². The lowest BCUT2D eigenvalue weighted by molar-refractivity contribution is 0.309. The van der Waals surface area contributed by atoms with Crippen molar-refractivity contribution in [3.63, 3.8) is 0 Å². The smallest absolute Gasteiger partial charge is 0.161 e. The van der Waals surface area contributed by atoms with E-state index in [1.165, 1.54) is 5.01 Å². The average Bonchev–Trinajstić information content (AvgIpc) is 3.23. The van der Waals surface area contributed by atoms with Crippen LogP contribution in [0.1, 0.15) is 17.3 Å². The van der Waals surface area contributed by atoms with Crippen LogP contribution < -0.4 is 0 Å². The Hall–Kier alpha value is -1.86. The molecule has 1 unspecified atom stereocenters. The van der Waals surface area contributed by atoms with E-state index >= 15 is 0 Å². The number of hydrogen-bond acceptors (Lipinski definition) is 4.